The van der Waals surface area contributed by atoms with E-state index in [2.05, 4.69) is 0 Å². The summed E-state index contributed by atoms with van der Waals surface area (Å²) in [5, 5.41) is 12.1. The SMILES string of the molecule is CCOC(=O)Cc1ccc(-n2cc3c(OCC)c4ccccc4c(OCC(F)(F)F)c3c2O)c(F)c1. The molecule has 0 fully saturated rings. The van der Waals surface area contributed by atoms with Gasteiger partial charge in [-0.2, -0.15) is 13.2 Å². The summed E-state index contributed by atoms with van der Waals surface area (Å²) < 4.78 is 71.2. The minimum absolute atomic E-state index is 0.0450. The molecule has 0 bridgehead atoms. The fraction of sp³-hybridized carbons (Fsp3) is 0.269. The van der Waals surface area contributed by atoms with Crippen LogP contribution in [-0.4, -0.2) is 41.6 Å². The second kappa shape index (κ2) is 9.96. The van der Waals surface area contributed by atoms with E-state index in [0.29, 0.717) is 22.1 Å². The van der Waals surface area contributed by atoms with Crippen molar-refractivity contribution in [3.63, 3.8) is 0 Å². The van der Waals surface area contributed by atoms with Crippen LogP contribution in [0.3, 0.4) is 0 Å². The molecule has 3 aromatic carbocycles. The number of aromatic nitrogens is 1. The molecule has 0 saturated carbocycles. The average Bonchev–Trinajstić information content (AvgIpc) is 3.15. The molecular formula is C26H23F4NO5. The van der Waals surface area contributed by atoms with E-state index in [9.17, 15) is 23.1 Å². The summed E-state index contributed by atoms with van der Waals surface area (Å²) in [6.45, 7) is 2.26. The van der Waals surface area contributed by atoms with Gasteiger partial charge in [0.2, 0.25) is 5.88 Å². The molecule has 1 N–H and O–H groups in total. The second-order valence-electron chi connectivity index (χ2n) is 7.92. The van der Waals surface area contributed by atoms with E-state index in [-0.39, 0.29) is 41.8 Å². The van der Waals surface area contributed by atoms with Gasteiger partial charge in [-0.05, 0) is 31.5 Å². The molecule has 0 aliphatic carbocycles. The van der Waals surface area contributed by atoms with Crippen LogP contribution in [0, 0.1) is 5.82 Å². The number of hydrogen-bond acceptors (Lipinski definition) is 5. The molecule has 0 atom stereocenters. The van der Waals surface area contributed by atoms with Crippen LogP contribution < -0.4 is 9.47 Å². The number of ether oxygens (including phenoxy) is 3. The van der Waals surface area contributed by atoms with Crippen LogP contribution in [-0.2, 0) is 16.0 Å². The zero-order valence-corrected chi connectivity index (χ0v) is 19.5. The van der Waals surface area contributed by atoms with Crippen LogP contribution in [0.5, 0.6) is 17.4 Å². The Balaban J connectivity index is 1.92. The zero-order valence-electron chi connectivity index (χ0n) is 19.5. The molecule has 0 aliphatic rings. The summed E-state index contributed by atoms with van der Waals surface area (Å²) in [7, 11) is 0. The van der Waals surface area contributed by atoms with Gasteiger partial charge in [-0.15, -0.1) is 0 Å². The van der Waals surface area contributed by atoms with Gasteiger partial charge in [-0.1, -0.05) is 30.3 Å². The average molecular weight is 505 g/mol. The molecule has 0 amide bonds. The summed E-state index contributed by atoms with van der Waals surface area (Å²) in [6.07, 6.45) is -3.38. The Kier molecular flexibility index (Phi) is 6.96. The Morgan fingerprint density at radius 2 is 1.67 bits per heavy atom. The van der Waals surface area contributed by atoms with Crippen molar-refractivity contribution in [3.8, 4) is 23.1 Å². The lowest BCUT2D eigenvalue weighted by Gasteiger charge is -2.16. The van der Waals surface area contributed by atoms with Gasteiger partial charge in [-0.3, -0.25) is 9.36 Å². The number of hydrogen-bond donors (Lipinski definition) is 1. The fourth-order valence-electron chi connectivity index (χ4n) is 4.07. The number of fused-ring (bicyclic) bond motifs is 2. The van der Waals surface area contributed by atoms with Crippen molar-refractivity contribution < 1.29 is 41.7 Å². The normalized spacial score (nSPS) is 11.7. The molecule has 0 spiro atoms. The summed E-state index contributed by atoms with van der Waals surface area (Å²) in [5.41, 5.74) is 0.283. The molecule has 0 unspecified atom stereocenters. The highest BCUT2D eigenvalue weighted by molar-refractivity contribution is 6.13. The van der Waals surface area contributed by atoms with Crippen molar-refractivity contribution in [2.45, 2.75) is 26.4 Å². The Morgan fingerprint density at radius 1 is 0.972 bits per heavy atom. The van der Waals surface area contributed by atoms with E-state index in [1.54, 1.807) is 38.1 Å². The van der Waals surface area contributed by atoms with Crippen molar-refractivity contribution in [3.05, 3.63) is 60.0 Å². The van der Waals surface area contributed by atoms with E-state index in [1.807, 2.05) is 0 Å². The Bertz CT molecular complexity index is 1430. The van der Waals surface area contributed by atoms with Crippen LogP contribution >= 0.6 is 0 Å². The molecule has 1 heterocycles. The Labute approximate surface area is 203 Å². The number of rotatable bonds is 8. The van der Waals surface area contributed by atoms with E-state index in [1.165, 1.54) is 18.3 Å². The second-order valence-corrected chi connectivity index (χ2v) is 7.92. The number of aromatic hydroxyl groups is 1. The van der Waals surface area contributed by atoms with Crippen LogP contribution in [0.1, 0.15) is 19.4 Å². The van der Waals surface area contributed by atoms with Crippen molar-refractivity contribution in [2.24, 2.45) is 0 Å². The molecular weight excluding hydrogens is 482 g/mol. The summed E-state index contributed by atoms with van der Waals surface area (Å²) in [4.78, 5) is 11.7. The maximum atomic E-state index is 15.1. The zero-order chi connectivity index (χ0) is 26.0. The predicted octanol–water partition coefficient (Wildman–Crippen LogP) is 6.07. The van der Waals surface area contributed by atoms with Crippen molar-refractivity contribution >= 4 is 27.5 Å². The van der Waals surface area contributed by atoms with Gasteiger partial charge >= 0.3 is 12.1 Å². The van der Waals surface area contributed by atoms with Gasteiger partial charge in [-0.25, -0.2) is 4.39 Å². The molecule has 0 saturated heterocycles. The molecule has 0 radical (unpaired) electrons. The lowest BCUT2D eigenvalue weighted by Crippen LogP contribution is -2.19. The molecule has 0 aliphatic heterocycles. The lowest BCUT2D eigenvalue weighted by molar-refractivity contribution is -0.153. The summed E-state index contributed by atoms with van der Waals surface area (Å²) >= 11 is 0. The van der Waals surface area contributed by atoms with E-state index in [4.69, 9.17) is 14.2 Å². The molecule has 4 rings (SSSR count). The number of carbonyl (C=O) groups is 1. The number of alkyl halides is 3. The molecule has 1 aromatic heterocycles. The number of esters is 1. The largest absolute Gasteiger partial charge is 0.494 e. The minimum atomic E-state index is -4.62. The van der Waals surface area contributed by atoms with Gasteiger partial charge in [0.15, 0.2) is 6.61 Å². The van der Waals surface area contributed by atoms with Gasteiger partial charge in [0.05, 0.1) is 36.1 Å². The van der Waals surface area contributed by atoms with Crippen LogP contribution in [0.2, 0.25) is 0 Å². The molecule has 190 valence electrons. The maximum absolute atomic E-state index is 15.1. The summed E-state index contributed by atoms with van der Waals surface area (Å²) in [5.74, 6) is -1.68. The number of nitrogens with zero attached hydrogens (tertiary/aromatic N) is 1. The molecule has 6 nitrogen and oxygen atoms in total. The highest BCUT2D eigenvalue weighted by atomic mass is 19.4. The maximum Gasteiger partial charge on any atom is 0.422 e. The minimum Gasteiger partial charge on any atom is -0.494 e. The monoisotopic (exact) mass is 505 g/mol. The third kappa shape index (κ3) is 4.89. The summed E-state index contributed by atoms with van der Waals surface area (Å²) in [6, 6.07) is 10.5. The van der Waals surface area contributed by atoms with Gasteiger partial charge in [0.1, 0.15) is 17.3 Å². The number of halogens is 4. The Morgan fingerprint density at radius 3 is 2.28 bits per heavy atom. The van der Waals surface area contributed by atoms with Gasteiger partial charge in [0, 0.05) is 17.0 Å². The van der Waals surface area contributed by atoms with Crippen molar-refractivity contribution in [1.82, 2.24) is 4.57 Å². The van der Waals surface area contributed by atoms with E-state index in [0.717, 1.165) is 10.6 Å². The Hall–Kier alpha value is -3.95. The van der Waals surface area contributed by atoms with Crippen LogP contribution in [0.4, 0.5) is 17.6 Å². The standard InChI is InChI=1S/C26H23F4NO5/c1-3-34-21(32)12-15-9-10-20(19(27)11-15)31-13-18-22(25(31)33)24(36-14-26(28,29)30)17-8-6-5-7-16(17)23(18)35-4-2/h5-11,13,33H,3-4,12,14H2,1-2H3. The third-order valence-electron chi connectivity index (χ3n) is 5.46. The number of carbonyl (C=O) groups excluding carboxylic acids is 1. The van der Waals surface area contributed by atoms with E-state index >= 15 is 4.39 Å². The molecule has 10 heteroatoms. The van der Waals surface area contributed by atoms with Crippen LogP contribution in [0.25, 0.3) is 27.2 Å². The number of benzene rings is 3. The molecule has 4 aromatic rings. The first-order valence-corrected chi connectivity index (χ1v) is 11.2. The quantitative estimate of drug-likeness (QED) is 0.232. The smallest absolute Gasteiger partial charge is 0.422 e. The first-order valence-electron chi connectivity index (χ1n) is 11.2. The van der Waals surface area contributed by atoms with E-state index < -0.39 is 30.4 Å². The topological polar surface area (TPSA) is 69.9 Å². The van der Waals surface area contributed by atoms with Gasteiger partial charge < -0.3 is 19.3 Å². The highest BCUT2D eigenvalue weighted by Crippen LogP contribution is 2.48. The molecule has 36 heavy (non-hydrogen) atoms. The van der Waals surface area contributed by atoms with Crippen LogP contribution in [0.15, 0.2) is 48.7 Å². The first kappa shape index (κ1) is 25.2. The lowest BCUT2D eigenvalue weighted by atomic mass is 10.0. The fourth-order valence-corrected chi connectivity index (χ4v) is 4.07. The third-order valence-corrected chi connectivity index (χ3v) is 5.46. The first-order chi connectivity index (χ1) is 17.1. The van der Waals surface area contributed by atoms with Crippen molar-refractivity contribution in [2.75, 3.05) is 19.8 Å². The van der Waals surface area contributed by atoms with Gasteiger partial charge in [0.25, 0.3) is 0 Å². The van der Waals surface area contributed by atoms with Crippen molar-refractivity contribution in [1.29, 1.82) is 0 Å². The highest BCUT2D eigenvalue weighted by Gasteiger charge is 2.31. The predicted molar refractivity (Wildman–Crippen MR) is 125 cm³/mol.